The van der Waals surface area contributed by atoms with E-state index in [1.807, 2.05) is 0 Å². The maximum Gasteiger partial charge on any atom is 0.331 e. The molecule has 2 aromatic carbocycles. The van der Waals surface area contributed by atoms with E-state index in [0.717, 1.165) is 0 Å². The predicted molar refractivity (Wildman–Crippen MR) is 101 cm³/mol. The van der Waals surface area contributed by atoms with E-state index < -0.39 is 12.1 Å². The number of esters is 1. The maximum absolute atomic E-state index is 12.4. The van der Waals surface area contributed by atoms with Crippen LogP contribution in [0, 0.1) is 0 Å². The van der Waals surface area contributed by atoms with Gasteiger partial charge in [-0.25, -0.2) is 4.79 Å². The Hall–Kier alpha value is -3.28. The molecule has 0 aliphatic rings. The first kappa shape index (κ1) is 20.0. The van der Waals surface area contributed by atoms with E-state index in [4.69, 9.17) is 18.9 Å². The maximum atomic E-state index is 12.4. The van der Waals surface area contributed by atoms with E-state index in [0.29, 0.717) is 28.4 Å². The highest BCUT2D eigenvalue weighted by Gasteiger charge is 2.18. The summed E-state index contributed by atoms with van der Waals surface area (Å²) in [6.07, 6.45) is 1.88. The number of ether oxygens (including phenoxy) is 4. The van der Waals surface area contributed by atoms with Gasteiger partial charge in [-0.3, -0.25) is 4.79 Å². The van der Waals surface area contributed by atoms with Crippen LogP contribution in [0.5, 0.6) is 17.2 Å². The highest BCUT2D eigenvalue weighted by atomic mass is 16.5. The molecule has 0 aliphatic carbocycles. The molecule has 27 heavy (non-hydrogen) atoms. The van der Waals surface area contributed by atoms with Gasteiger partial charge in [-0.1, -0.05) is 0 Å². The minimum Gasteiger partial charge on any atom is -0.497 e. The van der Waals surface area contributed by atoms with Gasteiger partial charge < -0.3 is 18.9 Å². The van der Waals surface area contributed by atoms with Gasteiger partial charge in [-0.05, 0) is 55.5 Å². The first-order chi connectivity index (χ1) is 13.0. The van der Waals surface area contributed by atoms with Crippen molar-refractivity contribution in [2.24, 2.45) is 0 Å². The number of hydrogen-bond donors (Lipinski definition) is 0. The van der Waals surface area contributed by atoms with Crippen molar-refractivity contribution in [3.63, 3.8) is 0 Å². The summed E-state index contributed by atoms with van der Waals surface area (Å²) < 4.78 is 20.7. The van der Waals surface area contributed by atoms with Crippen LogP contribution in [0.15, 0.2) is 48.5 Å². The topological polar surface area (TPSA) is 71.1 Å². The number of Topliss-reactive ketones (excluding diaryl/α,β-unsaturated/α-hetero) is 1. The van der Waals surface area contributed by atoms with Crippen LogP contribution in [0.1, 0.15) is 22.8 Å². The summed E-state index contributed by atoms with van der Waals surface area (Å²) in [7, 11) is 4.63. The number of carbonyl (C=O) groups excluding carboxylic acids is 2. The average molecular weight is 370 g/mol. The molecule has 2 rings (SSSR count). The van der Waals surface area contributed by atoms with Crippen LogP contribution < -0.4 is 14.2 Å². The van der Waals surface area contributed by atoms with Crippen LogP contribution in [0.3, 0.4) is 0 Å². The van der Waals surface area contributed by atoms with Gasteiger partial charge in [0.05, 0.1) is 21.3 Å². The fraction of sp³-hybridized carbons (Fsp3) is 0.238. The number of benzene rings is 2. The van der Waals surface area contributed by atoms with E-state index in [1.165, 1.54) is 20.1 Å². The minimum absolute atomic E-state index is 0.293. The Morgan fingerprint density at radius 3 is 2.11 bits per heavy atom. The zero-order valence-corrected chi connectivity index (χ0v) is 15.7. The second-order valence-corrected chi connectivity index (χ2v) is 5.61. The highest BCUT2D eigenvalue weighted by molar-refractivity contribution is 6.01. The molecule has 0 aliphatic heterocycles. The van der Waals surface area contributed by atoms with Crippen molar-refractivity contribution in [1.82, 2.24) is 0 Å². The van der Waals surface area contributed by atoms with Crippen molar-refractivity contribution in [2.75, 3.05) is 21.3 Å². The Bertz CT molecular complexity index is 823. The Balaban J connectivity index is 2.03. The van der Waals surface area contributed by atoms with Crippen molar-refractivity contribution in [3.05, 3.63) is 59.7 Å². The lowest BCUT2D eigenvalue weighted by atomic mass is 10.1. The lowest BCUT2D eigenvalue weighted by Crippen LogP contribution is -2.23. The molecular weight excluding hydrogens is 348 g/mol. The first-order valence-electron chi connectivity index (χ1n) is 8.27. The van der Waals surface area contributed by atoms with Crippen LogP contribution in [0.25, 0.3) is 6.08 Å². The summed E-state index contributed by atoms with van der Waals surface area (Å²) in [4.78, 5) is 24.4. The van der Waals surface area contributed by atoms with E-state index in [2.05, 4.69) is 0 Å². The molecule has 6 heteroatoms. The van der Waals surface area contributed by atoms with Crippen LogP contribution in [-0.4, -0.2) is 39.2 Å². The third-order valence-electron chi connectivity index (χ3n) is 3.87. The van der Waals surface area contributed by atoms with Crippen molar-refractivity contribution >= 4 is 17.8 Å². The third-order valence-corrected chi connectivity index (χ3v) is 3.87. The molecule has 0 radical (unpaired) electrons. The van der Waals surface area contributed by atoms with Gasteiger partial charge in [0, 0.05) is 17.2 Å². The molecule has 2 aromatic rings. The standard InChI is InChI=1S/C21H22O6/c1-14(21(23)15-5-8-17(24-2)9-6-15)27-20(22)12-7-16-13-18(25-3)10-11-19(16)26-4/h5-14H,1-4H3/b12-7+. The lowest BCUT2D eigenvalue weighted by molar-refractivity contribution is -0.140. The van der Waals surface area contributed by atoms with E-state index in [1.54, 1.807) is 62.8 Å². The van der Waals surface area contributed by atoms with Crippen molar-refractivity contribution < 1.29 is 28.5 Å². The van der Waals surface area contributed by atoms with Gasteiger partial charge in [-0.2, -0.15) is 0 Å². The molecule has 0 bridgehead atoms. The molecular formula is C21H22O6. The molecule has 0 saturated carbocycles. The molecule has 1 unspecified atom stereocenters. The quantitative estimate of drug-likeness (QED) is 0.402. The minimum atomic E-state index is -0.914. The Kier molecular flexibility index (Phi) is 7.00. The van der Waals surface area contributed by atoms with Gasteiger partial charge in [-0.15, -0.1) is 0 Å². The van der Waals surface area contributed by atoms with Crippen molar-refractivity contribution in [3.8, 4) is 17.2 Å². The molecule has 0 spiro atoms. The summed E-state index contributed by atoms with van der Waals surface area (Å²) in [5.74, 6) is 0.938. The summed E-state index contributed by atoms with van der Waals surface area (Å²) in [5.41, 5.74) is 1.09. The number of ketones is 1. The van der Waals surface area contributed by atoms with E-state index >= 15 is 0 Å². The molecule has 0 aromatic heterocycles. The molecule has 0 heterocycles. The fourth-order valence-electron chi connectivity index (χ4n) is 2.38. The number of rotatable bonds is 8. The highest BCUT2D eigenvalue weighted by Crippen LogP contribution is 2.25. The predicted octanol–water partition coefficient (Wildman–Crippen LogP) is 3.54. The first-order valence-corrected chi connectivity index (χ1v) is 8.27. The smallest absolute Gasteiger partial charge is 0.331 e. The van der Waals surface area contributed by atoms with Crippen LogP contribution in [-0.2, 0) is 9.53 Å². The molecule has 0 N–H and O–H groups in total. The average Bonchev–Trinajstić information content (AvgIpc) is 2.71. The number of carbonyl (C=O) groups is 2. The molecule has 0 amide bonds. The summed E-state index contributed by atoms with van der Waals surface area (Å²) in [6.45, 7) is 1.53. The molecule has 6 nitrogen and oxygen atoms in total. The monoisotopic (exact) mass is 370 g/mol. The zero-order valence-electron chi connectivity index (χ0n) is 15.7. The fourth-order valence-corrected chi connectivity index (χ4v) is 2.38. The molecule has 1 atom stereocenters. The Morgan fingerprint density at radius 2 is 1.52 bits per heavy atom. The van der Waals surface area contributed by atoms with Crippen LogP contribution in [0.4, 0.5) is 0 Å². The second-order valence-electron chi connectivity index (χ2n) is 5.61. The van der Waals surface area contributed by atoms with Gasteiger partial charge in [0.15, 0.2) is 6.10 Å². The summed E-state index contributed by atoms with van der Waals surface area (Å²) in [5, 5.41) is 0. The normalized spacial score (nSPS) is 11.7. The molecule has 0 fully saturated rings. The SMILES string of the molecule is COc1ccc(C(=O)C(C)OC(=O)/C=C/c2cc(OC)ccc2OC)cc1. The summed E-state index contributed by atoms with van der Waals surface area (Å²) in [6, 6.07) is 11.8. The van der Waals surface area contributed by atoms with E-state index in [9.17, 15) is 9.59 Å². The zero-order chi connectivity index (χ0) is 19.8. The van der Waals surface area contributed by atoms with Crippen molar-refractivity contribution in [2.45, 2.75) is 13.0 Å². The Labute approximate surface area is 158 Å². The van der Waals surface area contributed by atoms with E-state index in [-0.39, 0.29) is 5.78 Å². The van der Waals surface area contributed by atoms with Crippen LogP contribution in [0.2, 0.25) is 0 Å². The number of methoxy groups -OCH3 is 3. The largest absolute Gasteiger partial charge is 0.497 e. The van der Waals surface area contributed by atoms with Crippen LogP contribution >= 0.6 is 0 Å². The van der Waals surface area contributed by atoms with Gasteiger partial charge in [0.1, 0.15) is 17.2 Å². The third kappa shape index (κ3) is 5.34. The summed E-state index contributed by atoms with van der Waals surface area (Å²) >= 11 is 0. The molecule has 142 valence electrons. The van der Waals surface area contributed by atoms with Gasteiger partial charge in [0.2, 0.25) is 5.78 Å². The lowest BCUT2D eigenvalue weighted by Gasteiger charge is -2.11. The van der Waals surface area contributed by atoms with Gasteiger partial charge in [0.25, 0.3) is 0 Å². The Morgan fingerprint density at radius 1 is 0.889 bits per heavy atom. The van der Waals surface area contributed by atoms with Crippen molar-refractivity contribution in [1.29, 1.82) is 0 Å². The second kappa shape index (κ2) is 9.43. The number of hydrogen-bond acceptors (Lipinski definition) is 6. The molecule has 0 saturated heterocycles. The van der Waals surface area contributed by atoms with Gasteiger partial charge >= 0.3 is 5.97 Å².